The van der Waals surface area contributed by atoms with E-state index in [1.54, 1.807) is 67.6 Å². The third kappa shape index (κ3) is 6.10. The lowest BCUT2D eigenvalue weighted by molar-refractivity contribution is 0.0858. The molecule has 9 heteroatoms. The van der Waals surface area contributed by atoms with E-state index in [1.165, 1.54) is 6.07 Å². The van der Waals surface area contributed by atoms with E-state index in [2.05, 4.69) is 15.4 Å². The quantitative estimate of drug-likeness (QED) is 0.422. The van der Waals surface area contributed by atoms with Gasteiger partial charge in [-0.05, 0) is 74.7 Å². The molecule has 1 aliphatic heterocycles. The van der Waals surface area contributed by atoms with Gasteiger partial charge in [0.15, 0.2) is 0 Å². The number of hydrogen-bond donors (Lipinski definition) is 3. The Morgan fingerprint density at radius 2 is 1.69 bits per heavy atom. The summed E-state index contributed by atoms with van der Waals surface area (Å²) >= 11 is 0. The van der Waals surface area contributed by atoms with Gasteiger partial charge in [0.05, 0.1) is 27.9 Å². The topological polar surface area (TPSA) is 114 Å². The van der Waals surface area contributed by atoms with E-state index >= 15 is 0 Å². The molecule has 0 aromatic heterocycles. The second-order valence-corrected chi connectivity index (χ2v) is 10.5. The summed E-state index contributed by atoms with van der Waals surface area (Å²) in [5.74, 6) is -0.705. The van der Waals surface area contributed by atoms with E-state index < -0.39 is 15.9 Å². The van der Waals surface area contributed by atoms with Crippen LogP contribution in [-0.2, 0) is 14.8 Å². The Morgan fingerprint density at radius 3 is 2.39 bits per heavy atom. The van der Waals surface area contributed by atoms with Crippen molar-refractivity contribution in [2.45, 2.75) is 37.7 Å². The van der Waals surface area contributed by atoms with Gasteiger partial charge < -0.3 is 15.4 Å². The molecule has 1 saturated heterocycles. The van der Waals surface area contributed by atoms with Crippen LogP contribution in [0.4, 0.5) is 11.4 Å². The largest absolute Gasteiger partial charge is 0.376 e. The van der Waals surface area contributed by atoms with Crippen LogP contribution in [0.2, 0.25) is 0 Å². The lowest BCUT2D eigenvalue weighted by Crippen LogP contribution is -2.32. The first-order chi connectivity index (χ1) is 17.2. The maximum atomic E-state index is 13.0. The zero-order valence-corrected chi connectivity index (χ0v) is 21.0. The SMILES string of the molecule is Cc1ccc(S(=O)(=O)Nc2ccc(C(=O)Nc3ccccc3C(=O)NC[C@@H]3CCCO3)cc2C)cc1. The van der Waals surface area contributed by atoms with Crippen LogP contribution in [0.5, 0.6) is 0 Å². The van der Waals surface area contributed by atoms with E-state index in [0.29, 0.717) is 41.2 Å². The molecule has 3 aromatic carbocycles. The number of nitrogens with one attached hydrogen (secondary N) is 3. The van der Waals surface area contributed by atoms with Gasteiger partial charge in [0.25, 0.3) is 21.8 Å². The second kappa shape index (κ2) is 10.9. The fraction of sp³-hybridized carbons (Fsp3) is 0.259. The number of anilines is 2. The molecule has 0 bridgehead atoms. The van der Waals surface area contributed by atoms with Crippen molar-refractivity contribution in [3.05, 3.63) is 89.0 Å². The molecule has 2 amide bonds. The smallest absolute Gasteiger partial charge is 0.261 e. The molecule has 1 fully saturated rings. The number of carbonyl (C=O) groups is 2. The van der Waals surface area contributed by atoms with Crippen molar-refractivity contribution in [2.75, 3.05) is 23.2 Å². The molecule has 0 spiro atoms. The monoisotopic (exact) mass is 507 g/mol. The number of ether oxygens (including phenoxy) is 1. The van der Waals surface area contributed by atoms with Crippen LogP contribution in [0.25, 0.3) is 0 Å². The van der Waals surface area contributed by atoms with Crippen molar-refractivity contribution in [1.82, 2.24) is 5.32 Å². The molecule has 1 heterocycles. The molecular weight excluding hydrogens is 478 g/mol. The molecule has 8 nitrogen and oxygen atoms in total. The molecule has 3 aromatic rings. The summed E-state index contributed by atoms with van der Waals surface area (Å²) in [5, 5.41) is 5.66. The van der Waals surface area contributed by atoms with Gasteiger partial charge in [-0.3, -0.25) is 14.3 Å². The molecule has 0 radical (unpaired) electrons. The highest BCUT2D eigenvalue weighted by Gasteiger charge is 2.20. The second-order valence-electron chi connectivity index (χ2n) is 8.79. The molecule has 0 aliphatic carbocycles. The first-order valence-electron chi connectivity index (χ1n) is 11.7. The van der Waals surface area contributed by atoms with Gasteiger partial charge in [-0.2, -0.15) is 0 Å². The van der Waals surface area contributed by atoms with Gasteiger partial charge in [0.2, 0.25) is 0 Å². The van der Waals surface area contributed by atoms with E-state index in [4.69, 9.17) is 4.74 Å². The van der Waals surface area contributed by atoms with Crippen LogP contribution in [0.15, 0.2) is 71.6 Å². The van der Waals surface area contributed by atoms with Crippen molar-refractivity contribution in [3.63, 3.8) is 0 Å². The third-order valence-electron chi connectivity index (χ3n) is 6.00. The number of sulfonamides is 1. The molecule has 36 heavy (non-hydrogen) atoms. The standard InChI is InChI=1S/C27H29N3O5S/c1-18-9-12-22(13-10-18)36(33,34)30-24-14-11-20(16-19(24)2)26(31)29-25-8-4-3-7-23(25)27(32)28-17-21-6-5-15-35-21/h3-4,7-14,16,21,30H,5-6,15,17H2,1-2H3,(H,28,32)(H,29,31)/t21-/m0/s1. The average Bonchev–Trinajstić information content (AvgIpc) is 3.38. The van der Waals surface area contributed by atoms with Gasteiger partial charge in [0.1, 0.15) is 0 Å². The van der Waals surface area contributed by atoms with Crippen molar-refractivity contribution < 1.29 is 22.7 Å². The summed E-state index contributed by atoms with van der Waals surface area (Å²) in [5.41, 5.74) is 2.99. The van der Waals surface area contributed by atoms with Crippen LogP contribution in [0.3, 0.4) is 0 Å². The zero-order valence-electron chi connectivity index (χ0n) is 20.2. The summed E-state index contributed by atoms with van der Waals surface area (Å²) in [6.45, 7) is 4.73. The number of carbonyl (C=O) groups excluding carboxylic acids is 2. The molecule has 188 valence electrons. The predicted molar refractivity (Wildman–Crippen MR) is 139 cm³/mol. The van der Waals surface area contributed by atoms with Crippen molar-refractivity contribution in [2.24, 2.45) is 0 Å². The van der Waals surface area contributed by atoms with Crippen LogP contribution in [-0.4, -0.2) is 39.5 Å². The van der Waals surface area contributed by atoms with Gasteiger partial charge in [-0.15, -0.1) is 0 Å². The predicted octanol–water partition coefficient (Wildman–Crippen LogP) is 4.27. The molecule has 1 atom stereocenters. The van der Waals surface area contributed by atoms with E-state index in [9.17, 15) is 18.0 Å². The summed E-state index contributed by atoms with van der Waals surface area (Å²) in [4.78, 5) is 25.8. The molecule has 0 saturated carbocycles. The highest BCUT2D eigenvalue weighted by atomic mass is 32.2. The Labute approximate surface area is 211 Å². The van der Waals surface area contributed by atoms with Crippen molar-refractivity contribution >= 4 is 33.2 Å². The van der Waals surface area contributed by atoms with Gasteiger partial charge in [-0.25, -0.2) is 8.42 Å². The third-order valence-corrected chi connectivity index (χ3v) is 7.38. The molecule has 3 N–H and O–H groups in total. The highest BCUT2D eigenvalue weighted by Crippen LogP contribution is 2.23. The molecule has 0 unspecified atom stereocenters. The Morgan fingerprint density at radius 1 is 0.944 bits per heavy atom. The van der Waals surface area contributed by atoms with E-state index in [-0.39, 0.29) is 16.9 Å². The molecular formula is C27H29N3O5S. The van der Waals surface area contributed by atoms with E-state index in [0.717, 1.165) is 18.4 Å². The Hall–Kier alpha value is -3.69. The number of amides is 2. The Bertz CT molecular complexity index is 1360. The Kier molecular flexibility index (Phi) is 7.71. The molecule has 1 aliphatic rings. The highest BCUT2D eigenvalue weighted by molar-refractivity contribution is 7.92. The fourth-order valence-electron chi connectivity index (χ4n) is 3.93. The lowest BCUT2D eigenvalue weighted by atomic mass is 10.1. The number of benzene rings is 3. The minimum Gasteiger partial charge on any atom is -0.376 e. The van der Waals surface area contributed by atoms with Gasteiger partial charge in [-0.1, -0.05) is 29.8 Å². The van der Waals surface area contributed by atoms with Crippen molar-refractivity contribution in [1.29, 1.82) is 0 Å². The Balaban J connectivity index is 1.45. The van der Waals surface area contributed by atoms with Crippen LogP contribution < -0.4 is 15.4 Å². The zero-order chi connectivity index (χ0) is 25.7. The van der Waals surface area contributed by atoms with Gasteiger partial charge >= 0.3 is 0 Å². The fourth-order valence-corrected chi connectivity index (χ4v) is 5.06. The minimum absolute atomic E-state index is 0.0145. The number of para-hydroxylation sites is 1. The van der Waals surface area contributed by atoms with Crippen LogP contribution in [0, 0.1) is 13.8 Å². The summed E-state index contributed by atoms with van der Waals surface area (Å²) in [6.07, 6.45) is 1.91. The maximum Gasteiger partial charge on any atom is 0.261 e. The summed E-state index contributed by atoms with van der Waals surface area (Å²) in [7, 11) is -3.77. The van der Waals surface area contributed by atoms with Gasteiger partial charge in [0, 0.05) is 18.7 Å². The molecule has 4 rings (SSSR count). The van der Waals surface area contributed by atoms with Crippen molar-refractivity contribution in [3.8, 4) is 0 Å². The number of hydrogen-bond acceptors (Lipinski definition) is 5. The first kappa shape index (κ1) is 25.4. The maximum absolute atomic E-state index is 13.0. The van der Waals surface area contributed by atoms with Crippen LogP contribution >= 0.6 is 0 Å². The lowest BCUT2D eigenvalue weighted by Gasteiger charge is -2.15. The first-order valence-corrected chi connectivity index (χ1v) is 13.2. The van der Waals surface area contributed by atoms with E-state index in [1.807, 2.05) is 6.92 Å². The number of rotatable bonds is 8. The summed E-state index contributed by atoms with van der Waals surface area (Å²) in [6, 6.07) is 18.0. The normalized spacial score (nSPS) is 15.3. The number of aryl methyl sites for hydroxylation is 2. The average molecular weight is 508 g/mol. The van der Waals surface area contributed by atoms with Crippen LogP contribution in [0.1, 0.15) is 44.7 Å². The summed E-state index contributed by atoms with van der Waals surface area (Å²) < 4.78 is 33.6. The minimum atomic E-state index is -3.77.